The van der Waals surface area contributed by atoms with E-state index in [0.29, 0.717) is 11.6 Å². The third-order valence-electron chi connectivity index (χ3n) is 4.77. The molecule has 1 aliphatic rings. The second kappa shape index (κ2) is 7.64. The number of carbonyl (C=O) groups is 2. The zero-order valence-corrected chi connectivity index (χ0v) is 14.7. The number of halogens is 1. The molecule has 1 saturated carbocycles. The molecule has 2 unspecified atom stereocenters. The van der Waals surface area contributed by atoms with Crippen LogP contribution in [0.5, 0.6) is 0 Å². The molecule has 0 spiro atoms. The Morgan fingerprint density at radius 2 is 2.00 bits per heavy atom. The summed E-state index contributed by atoms with van der Waals surface area (Å²) in [6, 6.07) is 4.23. The van der Waals surface area contributed by atoms with E-state index >= 15 is 0 Å². The minimum absolute atomic E-state index is 0.0803. The van der Waals surface area contributed by atoms with Crippen molar-refractivity contribution in [3.63, 3.8) is 0 Å². The Morgan fingerprint density at radius 1 is 1.33 bits per heavy atom. The molecule has 2 N–H and O–H groups in total. The van der Waals surface area contributed by atoms with Crippen molar-refractivity contribution >= 4 is 17.6 Å². The predicted octanol–water partition coefficient (Wildman–Crippen LogP) is 3.62. The number of carbonyl (C=O) groups excluding carboxylic acids is 2. The highest BCUT2D eigenvalue weighted by Crippen LogP contribution is 2.32. The Morgan fingerprint density at radius 3 is 2.54 bits per heavy atom. The van der Waals surface area contributed by atoms with Gasteiger partial charge in [-0.3, -0.25) is 4.79 Å². The van der Waals surface area contributed by atoms with E-state index in [-0.39, 0.29) is 23.7 Å². The van der Waals surface area contributed by atoms with Gasteiger partial charge >= 0.3 is 6.03 Å². The maximum absolute atomic E-state index is 13.7. The van der Waals surface area contributed by atoms with Gasteiger partial charge in [-0.05, 0) is 43.9 Å². The lowest BCUT2D eigenvalue weighted by Crippen LogP contribution is -2.45. The minimum atomic E-state index is -0.612. The average Bonchev–Trinajstić information content (AvgIpc) is 3.39. The van der Waals surface area contributed by atoms with E-state index < -0.39 is 11.7 Å². The van der Waals surface area contributed by atoms with Crippen molar-refractivity contribution in [2.24, 2.45) is 5.92 Å². The largest absolute Gasteiger partial charge is 0.355 e. The van der Waals surface area contributed by atoms with E-state index in [2.05, 4.69) is 31.4 Å². The second-order valence-electron chi connectivity index (χ2n) is 6.47. The van der Waals surface area contributed by atoms with Crippen LogP contribution in [0.25, 0.3) is 0 Å². The molecule has 1 aliphatic carbocycles. The minimum Gasteiger partial charge on any atom is -0.355 e. The number of benzene rings is 1. The second-order valence-corrected chi connectivity index (χ2v) is 6.47. The summed E-state index contributed by atoms with van der Waals surface area (Å²) in [5.74, 6) is -0.735. The molecule has 0 radical (unpaired) electrons. The number of urea groups is 1. The molecule has 3 amide bonds. The summed E-state index contributed by atoms with van der Waals surface area (Å²) in [5, 5.41) is 5.20. The fourth-order valence-electron chi connectivity index (χ4n) is 2.75. The van der Waals surface area contributed by atoms with Gasteiger partial charge in [0.25, 0.3) is 5.91 Å². The summed E-state index contributed by atoms with van der Waals surface area (Å²) < 4.78 is 13.7. The van der Waals surface area contributed by atoms with Crippen LogP contribution in [0.1, 0.15) is 50.4 Å². The highest BCUT2D eigenvalue weighted by atomic mass is 19.1. The molecule has 1 aromatic carbocycles. The zero-order chi connectivity index (χ0) is 17.9. The number of hydrogen-bond acceptors (Lipinski definition) is 2. The van der Waals surface area contributed by atoms with Crippen LogP contribution in [0.3, 0.4) is 0 Å². The first-order valence-corrected chi connectivity index (χ1v) is 8.50. The average molecular weight is 335 g/mol. The van der Waals surface area contributed by atoms with E-state index in [1.165, 1.54) is 25.2 Å². The van der Waals surface area contributed by atoms with E-state index in [9.17, 15) is 14.0 Å². The molecule has 2 atom stereocenters. The van der Waals surface area contributed by atoms with Crippen LogP contribution in [0.4, 0.5) is 14.9 Å². The van der Waals surface area contributed by atoms with Crippen molar-refractivity contribution in [3.8, 4) is 0 Å². The van der Waals surface area contributed by atoms with Crippen molar-refractivity contribution in [1.29, 1.82) is 0 Å². The van der Waals surface area contributed by atoms with Crippen molar-refractivity contribution in [3.05, 3.63) is 29.6 Å². The van der Waals surface area contributed by atoms with Gasteiger partial charge in [-0.2, -0.15) is 0 Å². The van der Waals surface area contributed by atoms with Crippen LogP contribution in [0.15, 0.2) is 18.2 Å². The fourth-order valence-corrected chi connectivity index (χ4v) is 2.75. The van der Waals surface area contributed by atoms with Gasteiger partial charge in [-0.15, -0.1) is 0 Å². The lowest BCUT2D eigenvalue weighted by atomic mass is 9.99. The van der Waals surface area contributed by atoms with Crippen LogP contribution in [0.2, 0.25) is 0 Å². The molecule has 1 fully saturated rings. The van der Waals surface area contributed by atoms with Crippen LogP contribution in [0, 0.1) is 11.7 Å². The van der Waals surface area contributed by atoms with Crippen LogP contribution < -0.4 is 10.6 Å². The van der Waals surface area contributed by atoms with E-state index in [1.807, 2.05) is 4.90 Å². The number of hydrogen-bond donors (Lipinski definition) is 2. The maximum atomic E-state index is 13.7. The summed E-state index contributed by atoms with van der Waals surface area (Å²) in [6.45, 7) is 6.31. The molecule has 6 heteroatoms. The topological polar surface area (TPSA) is 61.4 Å². The first-order valence-electron chi connectivity index (χ1n) is 8.50. The lowest BCUT2D eigenvalue weighted by molar-refractivity contribution is 0.0959. The maximum Gasteiger partial charge on any atom is 0.322 e. The molecule has 24 heavy (non-hydrogen) atoms. The highest BCUT2D eigenvalue weighted by molar-refractivity contribution is 5.97. The summed E-state index contributed by atoms with van der Waals surface area (Å²) in [6.07, 6.45) is 3.03. The molecule has 1 aromatic rings. The van der Waals surface area contributed by atoms with Gasteiger partial charge in [0.15, 0.2) is 0 Å². The smallest absolute Gasteiger partial charge is 0.322 e. The van der Waals surface area contributed by atoms with E-state index in [1.54, 1.807) is 0 Å². The number of amides is 3. The van der Waals surface area contributed by atoms with E-state index in [4.69, 9.17) is 0 Å². The molecule has 0 bridgehead atoms. The molecule has 0 saturated heterocycles. The predicted molar refractivity (Wildman–Crippen MR) is 92.6 cm³/mol. The fraction of sp³-hybridized carbons (Fsp3) is 0.556. The summed E-state index contributed by atoms with van der Waals surface area (Å²) in [4.78, 5) is 26.3. The third kappa shape index (κ3) is 4.04. The van der Waals surface area contributed by atoms with Gasteiger partial charge in [0, 0.05) is 24.8 Å². The quantitative estimate of drug-likeness (QED) is 0.834. The van der Waals surface area contributed by atoms with Gasteiger partial charge < -0.3 is 15.5 Å². The summed E-state index contributed by atoms with van der Waals surface area (Å²) >= 11 is 0. The Hall–Kier alpha value is -2.11. The molecule has 132 valence electrons. The molecule has 0 aliphatic heterocycles. The molecular weight excluding hydrogens is 309 g/mol. The Labute approximate surface area is 142 Å². The molecular formula is C18H26FN3O2. The van der Waals surface area contributed by atoms with E-state index in [0.717, 1.165) is 19.3 Å². The number of anilines is 1. The standard InChI is InChI=1S/C18H26FN3O2/c1-5-11(2)12(3)22(14-7-8-14)18(24)21-13-6-9-16(19)15(10-13)17(23)20-4/h6,9-12,14H,5,7-8H2,1-4H3,(H,20,23)(H,21,24). The van der Waals surface area contributed by atoms with Gasteiger partial charge in [0.05, 0.1) is 5.56 Å². The molecule has 0 aromatic heterocycles. The zero-order valence-electron chi connectivity index (χ0n) is 14.7. The molecule has 5 nitrogen and oxygen atoms in total. The first-order chi connectivity index (χ1) is 11.4. The summed E-state index contributed by atoms with van der Waals surface area (Å²) in [5.41, 5.74) is 0.338. The van der Waals surface area contributed by atoms with Crippen LogP contribution in [-0.4, -0.2) is 36.0 Å². The van der Waals surface area contributed by atoms with Crippen LogP contribution in [-0.2, 0) is 0 Å². The monoisotopic (exact) mass is 335 g/mol. The van der Waals surface area contributed by atoms with Crippen molar-refractivity contribution in [2.45, 2.75) is 52.1 Å². The van der Waals surface area contributed by atoms with Gasteiger partial charge in [-0.25, -0.2) is 9.18 Å². The normalized spacial score (nSPS) is 16.2. The Bertz CT molecular complexity index is 616. The third-order valence-corrected chi connectivity index (χ3v) is 4.77. The van der Waals surface area contributed by atoms with Gasteiger partial charge in [0.1, 0.15) is 5.82 Å². The van der Waals surface area contributed by atoms with Gasteiger partial charge in [0.2, 0.25) is 0 Å². The number of nitrogens with zero attached hydrogens (tertiary/aromatic N) is 1. The first kappa shape index (κ1) is 18.2. The van der Waals surface area contributed by atoms with Crippen molar-refractivity contribution in [2.75, 3.05) is 12.4 Å². The Balaban J connectivity index is 2.16. The number of nitrogens with one attached hydrogen (secondary N) is 2. The van der Waals surface area contributed by atoms with Crippen molar-refractivity contribution < 1.29 is 14.0 Å². The summed E-state index contributed by atoms with van der Waals surface area (Å²) in [7, 11) is 1.44. The Kier molecular flexibility index (Phi) is 5.80. The van der Waals surface area contributed by atoms with Crippen molar-refractivity contribution in [1.82, 2.24) is 10.2 Å². The molecule has 0 heterocycles. The lowest BCUT2D eigenvalue weighted by Gasteiger charge is -2.33. The van der Waals surface area contributed by atoms with Gasteiger partial charge in [-0.1, -0.05) is 20.3 Å². The SMILES string of the molecule is CCC(C)C(C)N(C(=O)Nc1ccc(F)c(C(=O)NC)c1)C1CC1. The number of rotatable bonds is 6. The molecule has 2 rings (SSSR count). The highest BCUT2D eigenvalue weighted by Gasteiger charge is 2.37. The van der Waals surface area contributed by atoms with Crippen LogP contribution >= 0.6 is 0 Å².